The van der Waals surface area contributed by atoms with Gasteiger partial charge < -0.3 is 4.74 Å². The summed E-state index contributed by atoms with van der Waals surface area (Å²) in [5.41, 5.74) is 3.55. The Hall–Kier alpha value is -2.09. The molecule has 2 aliphatic carbocycles. The van der Waals surface area contributed by atoms with Gasteiger partial charge >= 0.3 is 5.97 Å². The van der Waals surface area contributed by atoms with Crippen LogP contribution in [-0.2, 0) is 9.53 Å². The van der Waals surface area contributed by atoms with E-state index in [4.69, 9.17) is 4.74 Å². The highest BCUT2D eigenvalue weighted by atomic mass is 16.5. The van der Waals surface area contributed by atoms with E-state index in [1.54, 1.807) is 0 Å². The number of carbonyl (C=O) groups excluding carboxylic acids is 1. The molecule has 2 heteroatoms. The second-order valence-corrected chi connectivity index (χ2v) is 4.72. The van der Waals surface area contributed by atoms with E-state index in [1.807, 2.05) is 42.5 Å². The highest BCUT2D eigenvalue weighted by Gasteiger charge is 2.17. The fourth-order valence-corrected chi connectivity index (χ4v) is 2.42. The van der Waals surface area contributed by atoms with Crippen molar-refractivity contribution in [3.05, 3.63) is 77.4 Å². The van der Waals surface area contributed by atoms with Gasteiger partial charge in [-0.15, -0.1) is 0 Å². The monoisotopic (exact) mass is 251 g/mol. The Kier molecular flexibility index (Phi) is 3.32. The third-order valence-corrected chi connectivity index (χ3v) is 3.36. The van der Waals surface area contributed by atoms with Gasteiger partial charge in [-0.05, 0) is 48.1 Å². The normalized spacial score (nSPS) is 17.2. The van der Waals surface area contributed by atoms with Crippen molar-refractivity contribution in [1.29, 1.82) is 0 Å². The van der Waals surface area contributed by atoms with Gasteiger partial charge in [0.15, 0.2) is 0 Å². The Morgan fingerprint density at radius 2 is 1.95 bits per heavy atom. The SMILES string of the molecule is O=C([CH]c1ccccc1)OC1=CCC2=CCCC2=C1. The zero-order valence-electron chi connectivity index (χ0n) is 10.6. The van der Waals surface area contributed by atoms with Gasteiger partial charge in [-0.25, -0.2) is 0 Å². The largest absolute Gasteiger partial charge is 0.426 e. The molecular formula is C17H15O2. The summed E-state index contributed by atoms with van der Waals surface area (Å²) in [5, 5.41) is 0. The minimum absolute atomic E-state index is 0.320. The van der Waals surface area contributed by atoms with Crippen LogP contribution in [-0.4, -0.2) is 5.97 Å². The predicted octanol–water partition coefficient (Wildman–Crippen LogP) is 3.72. The second-order valence-electron chi connectivity index (χ2n) is 4.72. The number of rotatable bonds is 3. The van der Waals surface area contributed by atoms with Gasteiger partial charge in [-0.3, -0.25) is 4.79 Å². The van der Waals surface area contributed by atoms with Crippen LogP contribution >= 0.6 is 0 Å². The molecule has 2 aliphatic rings. The predicted molar refractivity (Wildman–Crippen MR) is 74.0 cm³/mol. The zero-order chi connectivity index (χ0) is 13.1. The lowest BCUT2D eigenvalue weighted by atomic mass is 10.0. The van der Waals surface area contributed by atoms with E-state index in [0.717, 1.165) is 24.8 Å². The number of fused-ring (bicyclic) bond motifs is 1. The summed E-state index contributed by atoms with van der Waals surface area (Å²) in [6.07, 6.45) is 10.8. The first kappa shape index (κ1) is 12.0. The van der Waals surface area contributed by atoms with Crippen LogP contribution in [0.2, 0.25) is 0 Å². The quantitative estimate of drug-likeness (QED) is 0.765. The van der Waals surface area contributed by atoms with E-state index in [2.05, 4.69) is 6.08 Å². The Morgan fingerprint density at radius 1 is 1.11 bits per heavy atom. The number of hydrogen-bond donors (Lipinski definition) is 0. The minimum Gasteiger partial charge on any atom is -0.426 e. The average Bonchev–Trinajstić information content (AvgIpc) is 2.87. The first-order valence-electron chi connectivity index (χ1n) is 6.53. The molecule has 0 atom stereocenters. The molecule has 0 aromatic heterocycles. The summed E-state index contributed by atoms with van der Waals surface area (Å²) in [5.74, 6) is 0.353. The van der Waals surface area contributed by atoms with Crippen LogP contribution in [0.15, 0.2) is 65.5 Å². The molecule has 3 rings (SSSR count). The maximum absolute atomic E-state index is 11.8. The molecule has 1 aromatic rings. The summed E-state index contributed by atoms with van der Waals surface area (Å²) < 4.78 is 5.37. The highest BCUT2D eigenvalue weighted by Crippen LogP contribution is 2.32. The minimum atomic E-state index is -0.320. The maximum Gasteiger partial charge on any atom is 0.320 e. The molecule has 0 saturated heterocycles. The third kappa shape index (κ3) is 2.84. The summed E-state index contributed by atoms with van der Waals surface area (Å²) in [6.45, 7) is 0. The summed E-state index contributed by atoms with van der Waals surface area (Å²) in [4.78, 5) is 11.8. The van der Waals surface area contributed by atoms with Crippen molar-refractivity contribution in [2.75, 3.05) is 0 Å². The Bertz CT molecular complexity index is 577. The van der Waals surface area contributed by atoms with Gasteiger partial charge in [0.25, 0.3) is 0 Å². The van der Waals surface area contributed by atoms with Crippen molar-refractivity contribution >= 4 is 5.97 Å². The molecule has 1 aromatic carbocycles. The first-order valence-corrected chi connectivity index (χ1v) is 6.53. The van der Waals surface area contributed by atoms with Crippen molar-refractivity contribution in [1.82, 2.24) is 0 Å². The topological polar surface area (TPSA) is 26.3 Å². The lowest BCUT2D eigenvalue weighted by molar-refractivity contribution is -0.134. The van der Waals surface area contributed by atoms with E-state index < -0.39 is 0 Å². The Labute approximate surface area is 113 Å². The van der Waals surface area contributed by atoms with Gasteiger partial charge in [-0.2, -0.15) is 0 Å². The molecule has 0 bridgehead atoms. The fourth-order valence-electron chi connectivity index (χ4n) is 2.42. The molecule has 0 N–H and O–H groups in total. The molecule has 1 radical (unpaired) electrons. The first-order chi connectivity index (χ1) is 9.31. The molecule has 19 heavy (non-hydrogen) atoms. The molecule has 0 spiro atoms. The smallest absolute Gasteiger partial charge is 0.320 e. The van der Waals surface area contributed by atoms with E-state index >= 15 is 0 Å². The number of esters is 1. The van der Waals surface area contributed by atoms with Gasteiger partial charge in [-0.1, -0.05) is 36.4 Å². The van der Waals surface area contributed by atoms with E-state index in [1.165, 1.54) is 17.6 Å². The molecule has 95 valence electrons. The summed E-state index contributed by atoms with van der Waals surface area (Å²) >= 11 is 0. The van der Waals surface area contributed by atoms with Crippen molar-refractivity contribution in [2.24, 2.45) is 0 Å². The second kappa shape index (κ2) is 5.27. The Morgan fingerprint density at radius 3 is 2.79 bits per heavy atom. The lowest BCUT2D eigenvalue weighted by Crippen LogP contribution is -2.07. The van der Waals surface area contributed by atoms with Crippen LogP contribution in [0.3, 0.4) is 0 Å². The van der Waals surface area contributed by atoms with Crippen LogP contribution < -0.4 is 0 Å². The third-order valence-electron chi connectivity index (χ3n) is 3.36. The highest BCUT2D eigenvalue weighted by molar-refractivity contribution is 5.84. The molecule has 0 saturated carbocycles. The number of hydrogen-bond acceptors (Lipinski definition) is 2. The Balaban J connectivity index is 1.62. The molecule has 2 nitrogen and oxygen atoms in total. The number of benzene rings is 1. The van der Waals surface area contributed by atoms with Gasteiger partial charge in [0.1, 0.15) is 5.76 Å². The lowest BCUT2D eigenvalue weighted by Gasteiger charge is -2.13. The van der Waals surface area contributed by atoms with Gasteiger partial charge in [0.05, 0.1) is 6.42 Å². The molecular weight excluding hydrogens is 236 g/mol. The zero-order valence-corrected chi connectivity index (χ0v) is 10.6. The molecule has 0 aliphatic heterocycles. The van der Waals surface area contributed by atoms with Crippen LogP contribution in [0, 0.1) is 6.42 Å². The molecule has 0 amide bonds. The van der Waals surface area contributed by atoms with E-state index in [9.17, 15) is 4.79 Å². The van der Waals surface area contributed by atoms with Crippen LogP contribution in [0.4, 0.5) is 0 Å². The number of ether oxygens (including phenoxy) is 1. The summed E-state index contributed by atoms with van der Waals surface area (Å²) in [6, 6.07) is 9.48. The molecule has 0 fully saturated rings. The van der Waals surface area contributed by atoms with Crippen LogP contribution in [0.25, 0.3) is 0 Å². The van der Waals surface area contributed by atoms with Crippen molar-refractivity contribution in [3.8, 4) is 0 Å². The van der Waals surface area contributed by atoms with E-state index in [-0.39, 0.29) is 5.97 Å². The van der Waals surface area contributed by atoms with E-state index in [0.29, 0.717) is 5.76 Å². The van der Waals surface area contributed by atoms with Crippen molar-refractivity contribution in [2.45, 2.75) is 19.3 Å². The summed E-state index contributed by atoms with van der Waals surface area (Å²) in [7, 11) is 0. The molecule has 0 heterocycles. The maximum atomic E-state index is 11.8. The number of allylic oxidation sites excluding steroid dienone is 5. The standard InChI is InChI=1S/C17H15O2/c18-17(11-13-5-2-1-3-6-13)19-16-10-9-14-7-4-8-15(14)12-16/h1-3,5-7,10-12H,4,8-9H2. The van der Waals surface area contributed by atoms with Gasteiger partial charge in [0, 0.05) is 0 Å². The van der Waals surface area contributed by atoms with Crippen LogP contribution in [0.5, 0.6) is 0 Å². The van der Waals surface area contributed by atoms with Crippen molar-refractivity contribution < 1.29 is 9.53 Å². The molecule has 0 unspecified atom stereocenters. The average molecular weight is 251 g/mol. The van der Waals surface area contributed by atoms with Crippen molar-refractivity contribution in [3.63, 3.8) is 0 Å². The van der Waals surface area contributed by atoms with Gasteiger partial charge in [0.2, 0.25) is 0 Å². The fraction of sp³-hybridized carbons (Fsp3) is 0.176. The van der Waals surface area contributed by atoms with Crippen LogP contribution in [0.1, 0.15) is 24.8 Å². The number of carbonyl (C=O) groups is 1.